The van der Waals surface area contributed by atoms with Gasteiger partial charge in [0.25, 0.3) is 5.89 Å². The zero-order chi connectivity index (χ0) is 19.8. The molecule has 0 aliphatic rings. The first-order valence-electron chi connectivity index (χ1n) is 8.80. The number of aromatic amines is 1. The predicted octanol–water partition coefficient (Wildman–Crippen LogP) is 3.83. The summed E-state index contributed by atoms with van der Waals surface area (Å²) in [6.45, 7) is 4.46. The van der Waals surface area contributed by atoms with Crippen molar-refractivity contribution in [2.24, 2.45) is 5.92 Å². The molecule has 0 bridgehead atoms. The maximum atomic E-state index is 12.2. The van der Waals surface area contributed by atoms with Gasteiger partial charge in [0.2, 0.25) is 5.82 Å². The standard InChI is InChI=1S/C20H17BrN4O3/c1-11(2)10-25-16-8-7-12(9-15(16)22-18(26)20(25)27)17-23-19(28-24-17)13-5-3-4-6-14(13)21/h3-9,11H,10H2,1-2H3,(H,22,26). The van der Waals surface area contributed by atoms with Gasteiger partial charge < -0.3 is 14.1 Å². The molecule has 0 aliphatic carbocycles. The van der Waals surface area contributed by atoms with Crippen molar-refractivity contribution in [2.45, 2.75) is 20.4 Å². The third-order valence-electron chi connectivity index (χ3n) is 4.31. The molecule has 0 saturated carbocycles. The Morgan fingerprint density at radius 1 is 1.18 bits per heavy atom. The van der Waals surface area contributed by atoms with Crippen LogP contribution in [0.2, 0.25) is 0 Å². The van der Waals surface area contributed by atoms with Crippen LogP contribution in [0.25, 0.3) is 33.9 Å². The molecule has 1 N–H and O–H groups in total. The summed E-state index contributed by atoms with van der Waals surface area (Å²) in [6, 6.07) is 12.9. The van der Waals surface area contributed by atoms with Crippen molar-refractivity contribution in [3.8, 4) is 22.8 Å². The lowest BCUT2D eigenvalue weighted by atomic mass is 10.1. The molecular formula is C20H17BrN4O3. The highest BCUT2D eigenvalue weighted by Gasteiger charge is 2.15. The second-order valence-corrected chi connectivity index (χ2v) is 7.75. The molecule has 4 rings (SSSR count). The summed E-state index contributed by atoms with van der Waals surface area (Å²) in [7, 11) is 0. The van der Waals surface area contributed by atoms with E-state index < -0.39 is 11.1 Å². The van der Waals surface area contributed by atoms with Crippen LogP contribution in [-0.4, -0.2) is 19.7 Å². The number of fused-ring (bicyclic) bond motifs is 1. The lowest BCUT2D eigenvalue weighted by Crippen LogP contribution is -2.37. The molecule has 0 atom stereocenters. The van der Waals surface area contributed by atoms with Crippen LogP contribution < -0.4 is 11.1 Å². The predicted molar refractivity (Wildman–Crippen MR) is 110 cm³/mol. The van der Waals surface area contributed by atoms with Crippen molar-refractivity contribution in [3.05, 3.63) is 67.6 Å². The van der Waals surface area contributed by atoms with Crippen LogP contribution >= 0.6 is 15.9 Å². The van der Waals surface area contributed by atoms with Gasteiger partial charge in [-0.1, -0.05) is 31.1 Å². The Labute approximate surface area is 168 Å². The number of nitrogens with one attached hydrogen (secondary N) is 1. The molecular weight excluding hydrogens is 424 g/mol. The van der Waals surface area contributed by atoms with Gasteiger partial charge in [0.15, 0.2) is 0 Å². The van der Waals surface area contributed by atoms with Crippen LogP contribution in [0.3, 0.4) is 0 Å². The van der Waals surface area contributed by atoms with E-state index >= 15 is 0 Å². The van der Waals surface area contributed by atoms with E-state index in [1.807, 2.05) is 44.2 Å². The van der Waals surface area contributed by atoms with Gasteiger partial charge in [0, 0.05) is 16.6 Å². The fraction of sp³-hybridized carbons (Fsp3) is 0.200. The van der Waals surface area contributed by atoms with Crippen LogP contribution in [-0.2, 0) is 6.54 Å². The highest BCUT2D eigenvalue weighted by molar-refractivity contribution is 9.10. The van der Waals surface area contributed by atoms with E-state index in [4.69, 9.17) is 4.52 Å². The molecule has 2 aromatic carbocycles. The van der Waals surface area contributed by atoms with E-state index in [0.29, 0.717) is 34.9 Å². The Hall–Kier alpha value is -3.00. The molecule has 0 amide bonds. The van der Waals surface area contributed by atoms with Crippen LogP contribution in [0.5, 0.6) is 0 Å². The van der Waals surface area contributed by atoms with Crippen molar-refractivity contribution in [2.75, 3.05) is 0 Å². The quantitative estimate of drug-likeness (QED) is 0.486. The largest absolute Gasteiger partial charge is 0.334 e. The number of hydrogen-bond donors (Lipinski definition) is 1. The van der Waals surface area contributed by atoms with Gasteiger partial charge in [-0.25, -0.2) is 0 Å². The van der Waals surface area contributed by atoms with Crippen LogP contribution in [0.1, 0.15) is 13.8 Å². The van der Waals surface area contributed by atoms with Gasteiger partial charge in [-0.3, -0.25) is 9.59 Å². The highest BCUT2D eigenvalue weighted by Crippen LogP contribution is 2.29. The Morgan fingerprint density at radius 3 is 2.71 bits per heavy atom. The van der Waals surface area contributed by atoms with Gasteiger partial charge in [-0.15, -0.1) is 0 Å². The van der Waals surface area contributed by atoms with Crippen LogP contribution in [0, 0.1) is 5.92 Å². The third kappa shape index (κ3) is 3.31. The van der Waals surface area contributed by atoms with Crippen molar-refractivity contribution >= 4 is 27.0 Å². The molecule has 7 nitrogen and oxygen atoms in total. The smallest absolute Gasteiger partial charge is 0.316 e. The summed E-state index contributed by atoms with van der Waals surface area (Å²) in [6.07, 6.45) is 0. The summed E-state index contributed by atoms with van der Waals surface area (Å²) < 4.78 is 7.76. The van der Waals surface area contributed by atoms with E-state index in [-0.39, 0.29) is 5.92 Å². The van der Waals surface area contributed by atoms with Gasteiger partial charge in [-0.2, -0.15) is 4.98 Å². The molecule has 2 aromatic heterocycles. The first-order valence-corrected chi connectivity index (χ1v) is 9.59. The summed E-state index contributed by atoms with van der Waals surface area (Å²) in [5.74, 6) is 1.02. The number of aromatic nitrogens is 4. The summed E-state index contributed by atoms with van der Waals surface area (Å²) in [5.41, 5.74) is 1.49. The monoisotopic (exact) mass is 440 g/mol. The average molecular weight is 441 g/mol. The fourth-order valence-corrected chi connectivity index (χ4v) is 3.50. The van der Waals surface area contributed by atoms with Crippen LogP contribution in [0.15, 0.2) is 61.0 Å². The minimum absolute atomic E-state index is 0.228. The molecule has 2 heterocycles. The Morgan fingerprint density at radius 2 is 1.96 bits per heavy atom. The van der Waals surface area contributed by atoms with Gasteiger partial charge in [0.05, 0.1) is 16.6 Å². The summed E-state index contributed by atoms with van der Waals surface area (Å²) in [4.78, 5) is 31.4. The SMILES string of the molecule is CC(C)Cn1c(=O)c(=O)[nH]c2cc(-c3noc(-c4ccccc4Br)n3)ccc21. The normalized spacial score (nSPS) is 11.4. The number of nitrogens with zero attached hydrogens (tertiary/aromatic N) is 3. The molecule has 0 saturated heterocycles. The fourth-order valence-electron chi connectivity index (χ4n) is 3.05. The van der Waals surface area contributed by atoms with Gasteiger partial charge >= 0.3 is 11.1 Å². The van der Waals surface area contributed by atoms with Crippen molar-refractivity contribution in [3.63, 3.8) is 0 Å². The number of halogens is 1. The minimum atomic E-state index is -0.646. The molecule has 0 spiro atoms. The maximum absolute atomic E-state index is 12.2. The van der Waals surface area contributed by atoms with Gasteiger partial charge in [0.1, 0.15) is 0 Å². The molecule has 142 valence electrons. The van der Waals surface area contributed by atoms with E-state index in [1.54, 1.807) is 12.1 Å². The molecule has 28 heavy (non-hydrogen) atoms. The zero-order valence-electron chi connectivity index (χ0n) is 15.3. The second-order valence-electron chi connectivity index (χ2n) is 6.90. The third-order valence-corrected chi connectivity index (χ3v) is 5.00. The lowest BCUT2D eigenvalue weighted by Gasteiger charge is -2.12. The number of hydrogen-bond acceptors (Lipinski definition) is 5. The molecule has 0 unspecified atom stereocenters. The van der Waals surface area contributed by atoms with E-state index in [9.17, 15) is 9.59 Å². The van der Waals surface area contributed by atoms with E-state index in [1.165, 1.54) is 4.57 Å². The lowest BCUT2D eigenvalue weighted by molar-refractivity contribution is 0.432. The molecule has 4 aromatic rings. The number of H-pyrrole nitrogens is 1. The highest BCUT2D eigenvalue weighted by atomic mass is 79.9. The van der Waals surface area contributed by atoms with Crippen molar-refractivity contribution in [1.29, 1.82) is 0 Å². The molecule has 8 heteroatoms. The first-order chi connectivity index (χ1) is 13.4. The number of rotatable bonds is 4. The van der Waals surface area contributed by atoms with Crippen molar-refractivity contribution in [1.82, 2.24) is 19.7 Å². The Balaban J connectivity index is 1.81. The van der Waals surface area contributed by atoms with E-state index in [2.05, 4.69) is 31.1 Å². The average Bonchev–Trinajstić information content (AvgIpc) is 3.15. The number of benzene rings is 2. The Bertz CT molecular complexity index is 1290. The Kier molecular flexibility index (Phi) is 4.72. The second kappa shape index (κ2) is 7.20. The molecule has 0 fully saturated rings. The minimum Gasteiger partial charge on any atom is -0.334 e. The molecule has 0 aliphatic heterocycles. The van der Waals surface area contributed by atoms with E-state index in [0.717, 1.165) is 10.0 Å². The topological polar surface area (TPSA) is 93.8 Å². The molecule has 0 radical (unpaired) electrons. The van der Waals surface area contributed by atoms with Crippen LogP contribution in [0.4, 0.5) is 0 Å². The van der Waals surface area contributed by atoms with Crippen molar-refractivity contribution < 1.29 is 4.52 Å². The maximum Gasteiger partial charge on any atom is 0.316 e. The summed E-state index contributed by atoms with van der Waals surface area (Å²) in [5, 5.41) is 4.05. The van der Waals surface area contributed by atoms with Gasteiger partial charge in [-0.05, 0) is 52.2 Å². The first kappa shape index (κ1) is 18.4. The zero-order valence-corrected chi connectivity index (χ0v) is 16.9. The summed E-state index contributed by atoms with van der Waals surface area (Å²) >= 11 is 3.47.